The molecular weight excluding hydrogens is 253 g/mol. The molecule has 1 atom stereocenters. The molecule has 1 N–H and O–H groups in total. The first kappa shape index (κ1) is 13.8. The van der Waals surface area contributed by atoms with Gasteiger partial charge in [-0.3, -0.25) is 0 Å². The van der Waals surface area contributed by atoms with Gasteiger partial charge in [0.1, 0.15) is 5.82 Å². The van der Waals surface area contributed by atoms with Gasteiger partial charge in [-0.2, -0.15) is 0 Å². The van der Waals surface area contributed by atoms with E-state index in [2.05, 4.69) is 5.32 Å². The molecule has 0 spiro atoms. The fourth-order valence-corrected chi connectivity index (χ4v) is 2.94. The maximum absolute atomic E-state index is 13.8. The normalized spacial score (nSPS) is 19.3. The van der Waals surface area contributed by atoms with Crippen molar-refractivity contribution in [1.82, 2.24) is 5.32 Å². The monoisotopic (exact) mass is 271 g/mol. The van der Waals surface area contributed by atoms with Gasteiger partial charge < -0.3 is 10.1 Å². The number of nitrogens with one attached hydrogen (secondary N) is 1. The van der Waals surface area contributed by atoms with E-state index in [1.165, 1.54) is 6.07 Å². The van der Waals surface area contributed by atoms with E-state index < -0.39 is 0 Å². The van der Waals surface area contributed by atoms with E-state index in [0.29, 0.717) is 17.0 Å². The molecule has 2 rings (SSSR count). The van der Waals surface area contributed by atoms with Gasteiger partial charge in [-0.25, -0.2) is 4.39 Å². The first-order valence-electron chi connectivity index (χ1n) is 6.28. The molecule has 4 heteroatoms. The fraction of sp³-hybridized carbons (Fsp3) is 0.571. The van der Waals surface area contributed by atoms with Crippen LogP contribution in [0.15, 0.2) is 18.2 Å². The van der Waals surface area contributed by atoms with Crippen molar-refractivity contribution >= 4 is 11.6 Å². The van der Waals surface area contributed by atoms with Gasteiger partial charge in [0.2, 0.25) is 0 Å². The average Bonchev–Trinajstić information content (AvgIpc) is 2.30. The van der Waals surface area contributed by atoms with Crippen molar-refractivity contribution in [2.45, 2.75) is 37.3 Å². The van der Waals surface area contributed by atoms with Crippen molar-refractivity contribution in [3.05, 3.63) is 34.6 Å². The molecule has 1 aliphatic carbocycles. The van der Waals surface area contributed by atoms with Crippen LogP contribution in [0.4, 0.5) is 4.39 Å². The second-order valence-electron chi connectivity index (χ2n) is 4.87. The Labute approximate surface area is 112 Å². The maximum atomic E-state index is 13.8. The number of methoxy groups -OCH3 is 1. The summed E-state index contributed by atoms with van der Waals surface area (Å²) in [7, 11) is 3.62. The summed E-state index contributed by atoms with van der Waals surface area (Å²) in [6.07, 6.45) is 3.75. The summed E-state index contributed by atoms with van der Waals surface area (Å²) in [5, 5.41) is 3.74. The Bertz CT molecular complexity index is 394. The standard InChI is InChI=1S/C14H19ClFNO/c1-17-13(14(18-2)7-4-8-14)9-10-11(15)5-3-6-12(10)16/h3,5-6,13,17H,4,7-9H2,1-2H3. The van der Waals surface area contributed by atoms with Crippen LogP contribution in [-0.2, 0) is 11.2 Å². The molecule has 0 radical (unpaired) electrons. The van der Waals surface area contributed by atoms with Crippen LogP contribution in [0.25, 0.3) is 0 Å². The lowest BCUT2D eigenvalue weighted by molar-refractivity contribution is -0.0967. The Kier molecular flexibility index (Phi) is 4.25. The summed E-state index contributed by atoms with van der Waals surface area (Å²) in [5.74, 6) is -0.242. The predicted molar refractivity (Wildman–Crippen MR) is 71.6 cm³/mol. The van der Waals surface area contributed by atoms with Crippen molar-refractivity contribution in [3.63, 3.8) is 0 Å². The summed E-state index contributed by atoms with van der Waals surface area (Å²) in [6, 6.07) is 4.90. The number of rotatable bonds is 5. The highest BCUT2D eigenvalue weighted by Crippen LogP contribution is 2.39. The molecule has 100 valence electrons. The van der Waals surface area contributed by atoms with Gasteiger partial charge in [-0.05, 0) is 44.9 Å². The van der Waals surface area contributed by atoms with Crippen LogP contribution >= 0.6 is 11.6 Å². The molecule has 1 saturated carbocycles. The third-order valence-electron chi connectivity index (χ3n) is 4.06. The first-order valence-corrected chi connectivity index (χ1v) is 6.66. The molecule has 1 fully saturated rings. The van der Waals surface area contributed by atoms with E-state index in [4.69, 9.17) is 16.3 Å². The van der Waals surface area contributed by atoms with Gasteiger partial charge in [0.15, 0.2) is 0 Å². The van der Waals surface area contributed by atoms with Crippen molar-refractivity contribution in [3.8, 4) is 0 Å². The molecule has 18 heavy (non-hydrogen) atoms. The second-order valence-corrected chi connectivity index (χ2v) is 5.28. The second kappa shape index (κ2) is 5.55. The molecule has 1 aromatic carbocycles. The van der Waals surface area contributed by atoms with Gasteiger partial charge >= 0.3 is 0 Å². The molecular formula is C14H19ClFNO. The average molecular weight is 272 g/mol. The van der Waals surface area contributed by atoms with Crippen molar-refractivity contribution in [1.29, 1.82) is 0 Å². The van der Waals surface area contributed by atoms with Gasteiger partial charge in [-0.15, -0.1) is 0 Å². The summed E-state index contributed by atoms with van der Waals surface area (Å²) in [5.41, 5.74) is 0.405. The number of benzene rings is 1. The zero-order chi connectivity index (χ0) is 13.2. The van der Waals surface area contributed by atoms with E-state index in [1.54, 1.807) is 19.2 Å². The van der Waals surface area contributed by atoms with E-state index >= 15 is 0 Å². The number of halogens is 2. The Balaban J connectivity index is 2.20. The highest BCUT2D eigenvalue weighted by Gasteiger charge is 2.44. The molecule has 0 bridgehead atoms. The van der Waals surface area contributed by atoms with Gasteiger partial charge in [0.25, 0.3) is 0 Å². The lowest BCUT2D eigenvalue weighted by atomic mass is 9.72. The van der Waals surface area contributed by atoms with E-state index in [9.17, 15) is 4.39 Å². The number of ether oxygens (including phenoxy) is 1. The summed E-state index contributed by atoms with van der Waals surface area (Å²) >= 11 is 6.08. The molecule has 1 unspecified atom stereocenters. The SMILES string of the molecule is CNC(Cc1c(F)cccc1Cl)C1(OC)CCC1. The van der Waals surface area contributed by atoms with Gasteiger partial charge in [0.05, 0.1) is 5.60 Å². The van der Waals surface area contributed by atoms with Crippen molar-refractivity contribution in [2.75, 3.05) is 14.2 Å². The lowest BCUT2D eigenvalue weighted by Gasteiger charge is -2.46. The molecule has 1 aliphatic rings. The van der Waals surface area contributed by atoms with Crippen LogP contribution in [0.5, 0.6) is 0 Å². The first-order chi connectivity index (χ1) is 8.63. The number of hydrogen-bond acceptors (Lipinski definition) is 2. The van der Waals surface area contributed by atoms with E-state index in [0.717, 1.165) is 19.3 Å². The topological polar surface area (TPSA) is 21.3 Å². The van der Waals surface area contributed by atoms with Crippen LogP contribution in [-0.4, -0.2) is 25.8 Å². The Hall–Kier alpha value is -0.640. The Morgan fingerprint density at radius 3 is 2.67 bits per heavy atom. The molecule has 0 heterocycles. The number of likely N-dealkylation sites (N-methyl/N-ethyl adjacent to an activating group) is 1. The Morgan fingerprint density at radius 1 is 1.50 bits per heavy atom. The third-order valence-corrected chi connectivity index (χ3v) is 4.41. The molecule has 2 nitrogen and oxygen atoms in total. The van der Waals surface area contributed by atoms with Crippen LogP contribution in [0.2, 0.25) is 5.02 Å². The summed E-state index contributed by atoms with van der Waals surface area (Å²) in [6.45, 7) is 0. The molecule has 1 aromatic rings. The zero-order valence-electron chi connectivity index (χ0n) is 10.8. The maximum Gasteiger partial charge on any atom is 0.127 e. The molecule has 0 saturated heterocycles. The van der Waals surface area contributed by atoms with Crippen molar-refractivity contribution < 1.29 is 9.13 Å². The highest BCUT2D eigenvalue weighted by molar-refractivity contribution is 6.31. The van der Waals surface area contributed by atoms with Gasteiger partial charge in [-0.1, -0.05) is 17.7 Å². The van der Waals surface area contributed by atoms with Crippen LogP contribution in [0.1, 0.15) is 24.8 Å². The highest BCUT2D eigenvalue weighted by atomic mass is 35.5. The molecule has 0 aromatic heterocycles. The zero-order valence-corrected chi connectivity index (χ0v) is 11.6. The lowest BCUT2D eigenvalue weighted by Crippen LogP contribution is -2.56. The smallest absolute Gasteiger partial charge is 0.127 e. The summed E-state index contributed by atoms with van der Waals surface area (Å²) in [4.78, 5) is 0. The van der Waals surface area contributed by atoms with Crippen LogP contribution in [0.3, 0.4) is 0 Å². The molecule has 0 amide bonds. The summed E-state index contributed by atoms with van der Waals surface area (Å²) < 4.78 is 19.5. The van der Waals surface area contributed by atoms with Crippen LogP contribution in [0, 0.1) is 5.82 Å². The minimum absolute atomic E-state index is 0.0886. The third kappa shape index (κ3) is 2.40. The largest absolute Gasteiger partial charge is 0.377 e. The molecule has 0 aliphatic heterocycles. The number of hydrogen-bond donors (Lipinski definition) is 1. The van der Waals surface area contributed by atoms with Crippen LogP contribution < -0.4 is 5.32 Å². The van der Waals surface area contributed by atoms with Gasteiger partial charge in [0, 0.05) is 23.7 Å². The van der Waals surface area contributed by atoms with E-state index in [-0.39, 0.29) is 17.5 Å². The minimum atomic E-state index is -0.242. The minimum Gasteiger partial charge on any atom is -0.377 e. The quantitative estimate of drug-likeness (QED) is 0.888. The van der Waals surface area contributed by atoms with E-state index in [1.807, 2.05) is 7.05 Å². The Morgan fingerprint density at radius 2 is 2.22 bits per heavy atom. The van der Waals surface area contributed by atoms with Crippen molar-refractivity contribution in [2.24, 2.45) is 0 Å². The fourth-order valence-electron chi connectivity index (χ4n) is 2.70. The predicted octanol–water partition coefficient (Wildman–Crippen LogP) is 3.18.